The van der Waals surface area contributed by atoms with E-state index in [1.54, 1.807) is 0 Å². The molecule has 2 aliphatic heterocycles. The zero-order valence-electron chi connectivity index (χ0n) is 14.3. The first-order valence-electron chi connectivity index (χ1n) is 7.83. The van der Waals surface area contributed by atoms with Gasteiger partial charge in [-0.15, -0.1) is 0 Å². The molecule has 26 heavy (non-hydrogen) atoms. The maximum atomic E-state index is 12.2. The number of carboxylic acids is 1. The molecule has 1 fully saturated rings. The summed E-state index contributed by atoms with van der Waals surface area (Å²) in [6.07, 6.45) is 0.749. The Morgan fingerprint density at radius 1 is 1.27 bits per heavy atom. The Kier molecular flexibility index (Phi) is 4.26. The highest BCUT2D eigenvalue weighted by Gasteiger charge is 2.55. The van der Waals surface area contributed by atoms with Crippen LogP contribution in [0.1, 0.15) is 46.4 Å². The maximum absolute atomic E-state index is 12.2. The number of ether oxygens (including phenoxy) is 2. The number of carbonyl (C=O) groups is 4. The average molecular weight is 364 g/mol. The Morgan fingerprint density at radius 2 is 1.92 bits per heavy atom. The van der Waals surface area contributed by atoms with E-state index in [1.165, 1.54) is 4.90 Å². The lowest BCUT2D eigenvalue weighted by Gasteiger charge is -2.42. The van der Waals surface area contributed by atoms with Crippen molar-refractivity contribution in [2.24, 2.45) is 5.92 Å². The second-order valence-electron chi connectivity index (χ2n) is 5.85. The Balaban J connectivity index is 2.16. The van der Waals surface area contributed by atoms with Gasteiger partial charge in [-0.1, -0.05) is 12.1 Å². The lowest BCUT2D eigenvalue weighted by atomic mass is 9.84. The smallest absolute Gasteiger partial charge is 0.377 e. The third-order valence-corrected chi connectivity index (χ3v) is 4.67. The largest absolute Gasteiger partial charge is 0.477 e. The van der Waals surface area contributed by atoms with Gasteiger partial charge in [0.15, 0.2) is 0 Å². The molecule has 3 heterocycles. The first-order valence-corrected chi connectivity index (χ1v) is 7.83. The highest BCUT2D eigenvalue weighted by atomic mass is 16.6. The van der Waals surface area contributed by atoms with Crippen LogP contribution in [0.5, 0.6) is 0 Å². The van der Waals surface area contributed by atoms with Crippen LogP contribution in [-0.4, -0.2) is 59.2 Å². The number of carboxylic acid groups (broad SMARTS) is 1. The second kappa shape index (κ2) is 6.28. The van der Waals surface area contributed by atoms with Gasteiger partial charge in [0.1, 0.15) is 17.0 Å². The molecule has 2 unspecified atom stereocenters. The van der Waals surface area contributed by atoms with Gasteiger partial charge in [0.05, 0.1) is 26.2 Å². The fourth-order valence-corrected chi connectivity index (χ4v) is 3.47. The highest BCUT2D eigenvalue weighted by Crippen LogP contribution is 2.47. The molecule has 2 aliphatic rings. The molecule has 1 amide bonds. The molecule has 0 radical (unpaired) electrons. The molecule has 0 bridgehead atoms. The van der Waals surface area contributed by atoms with Gasteiger partial charge in [-0.25, -0.2) is 14.4 Å². The van der Waals surface area contributed by atoms with Crippen LogP contribution in [0.3, 0.4) is 0 Å². The summed E-state index contributed by atoms with van der Waals surface area (Å²) in [5, 5.41) is 13.3. The van der Waals surface area contributed by atoms with Crippen LogP contribution in [-0.2, 0) is 19.1 Å². The summed E-state index contributed by atoms with van der Waals surface area (Å²) in [7, 11) is 2.20. The van der Waals surface area contributed by atoms with Crippen molar-refractivity contribution in [3.05, 3.63) is 22.7 Å². The third kappa shape index (κ3) is 2.29. The number of esters is 2. The lowest BCUT2D eigenvalue weighted by molar-refractivity contribution is -0.155. The quantitative estimate of drug-likeness (QED) is 0.591. The summed E-state index contributed by atoms with van der Waals surface area (Å²) in [5.74, 6) is -4.28. The topological polar surface area (TPSA) is 136 Å². The van der Waals surface area contributed by atoms with Gasteiger partial charge < -0.3 is 24.0 Å². The number of methoxy groups -OCH3 is 2. The van der Waals surface area contributed by atoms with Crippen molar-refractivity contribution in [3.8, 4) is 0 Å². The molecule has 10 nitrogen and oxygen atoms in total. The van der Waals surface area contributed by atoms with E-state index in [4.69, 9.17) is 4.52 Å². The first kappa shape index (κ1) is 17.6. The van der Waals surface area contributed by atoms with E-state index in [-0.39, 0.29) is 46.8 Å². The molecule has 138 valence electrons. The third-order valence-electron chi connectivity index (χ3n) is 4.67. The predicted molar refractivity (Wildman–Crippen MR) is 82.8 cm³/mol. The number of aromatic nitrogens is 1. The van der Waals surface area contributed by atoms with Crippen LogP contribution >= 0.6 is 0 Å². The number of hydrogen-bond donors (Lipinski definition) is 1. The highest BCUT2D eigenvalue weighted by molar-refractivity contribution is 6.09. The average Bonchev–Trinajstić information content (AvgIpc) is 3.20. The van der Waals surface area contributed by atoms with Crippen LogP contribution in [0, 0.1) is 5.92 Å². The fraction of sp³-hybridized carbons (Fsp3) is 0.438. The summed E-state index contributed by atoms with van der Waals surface area (Å²) < 4.78 is 14.1. The summed E-state index contributed by atoms with van der Waals surface area (Å²) in [6.45, 7) is 1.84. The number of amides is 1. The van der Waals surface area contributed by atoms with Crippen molar-refractivity contribution < 1.29 is 38.3 Å². The SMILES string of the molecule is CCC1C(=O)N2C(C(=O)O)=C(c3noc(C(=O)OC)c3C(=O)OC)CC12. The molecule has 1 aromatic heterocycles. The molecular formula is C16H16N2O8. The molecular weight excluding hydrogens is 348 g/mol. The number of β-lactam (4-membered cyclic amide) rings is 1. The Labute approximate surface area is 147 Å². The normalized spacial score (nSPS) is 21.3. The summed E-state index contributed by atoms with van der Waals surface area (Å²) in [6, 6.07) is -0.322. The van der Waals surface area contributed by atoms with E-state index in [1.807, 2.05) is 6.92 Å². The Morgan fingerprint density at radius 3 is 2.46 bits per heavy atom. The molecule has 10 heteroatoms. The molecule has 1 saturated heterocycles. The number of rotatable bonds is 5. The van der Waals surface area contributed by atoms with Crippen LogP contribution in [0.4, 0.5) is 0 Å². The lowest BCUT2D eigenvalue weighted by Crippen LogP contribution is -2.58. The molecule has 2 atom stereocenters. The van der Waals surface area contributed by atoms with Crippen LogP contribution < -0.4 is 0 Å². The summed E-state index contributed by atoms with van der Waals surface area (Å²) in [4.78, 5) is 49.1. The number of fused-ring (bicyclic) bond motifs is 1. The van der Waals surface area contributed by atoms with Crippen molar-refractivity contribution in [2.45, 2.75) is 25.8 Å². The second-order valence-corrected chi connectivity index (χ2v) is 5.85. The molecule has 0 spiro atoms. The maximum Gasteiger partial charge on any atom is 0.377 e. The fourth-order valence-electron chi connectivity index (χ4n) is 3.47. The number of carbonyl (C=O) groups excluding carboxylic acids is 3. The van der Waals surface area contributed by atoms with Crippen LogP contribution in [0.15, 0.2) is 10.2 Å². The van der Waals surface area contributed by atoms with Crippen molar-refractivity contribution in [2.75, 3.05) is 14.2 Å². The zero-order chi connectivity index (χ0) is 19.2. The summed E-state index contributed by atoms with van der Waals surface area (Å²) in [5.41, 5.74) is -0.575. The number of aliphatic carboxylic acids is 1. The minimum atomic E-state index is -1.33. The number of nitrogens with zero attached hydrogens (tertiary/aromatic N) is 2. The Hall–Kier alpha value is -3.17. The van der Waals surface area contributed by atoms with E-state index in [9.17, 15) is 24.3 Å². The molecule has 1 aromatic rings. The zero-order valence-corrected chi connectivity index (χ0v) is 14.3. The first-order chi connectivity index (χ1) is 12.4. The van der Waals surface area contributed by atoms with Gasteiger partial charge in [-0.3, -0.25) is 4.79 Å². The minimum absolute atomic E-state index is 0.133. The minimum Gasteiger partial charge on any atom is -0.477 e. The van der Waals surface area contributed by atoms with Gasteiger partial charge in [-0.2, -0.15) is 0 Å². The van der Waals surface area contributed by atoms with Gasteiger partial charge in [-0.05, 0) is 12.8 Å². The monoisotopic (exact) mass is 364 g/mol. The van der Waals surface area contributed by atoms with E-state index >= 15 is 0 Å². The standard InChI is InChI=1S/C16H16N2O8/c1-4-6-8-5-7(11(14(20)21)18(8)13(6)19)10-9(15(22)24-2)12(26-17-10)16(23)25-3/h6,8H,4-5H2,1-3H3,(H,20,21). The predicted octanol–water partition coefficient (Wildman–Crippen LogP) is 0.684. The van der Waals surface area contributed by atoms with Crippen molar-refractivity contribution in [3.63, 3.8) is 0 Å². The Bertz CT molecular complexity index is 852. The van der Waals surface area contributed by atoms with Gasteiger partial charge in [0, 0.05) is 5.57 Å². The molecule has 1 N–H and O–H groups in total. The van der Waals surface area contributed by atoms with Crippen molar-refractivity contribution in [1.29, 1.82) is 0 Å². The van der Waals surface area contributed by atoms with Gasteiger partial charge in [0.2, 0.25) is 5.91 Å². The van der Waals surface area contributed by atoms with E-state index < -0.39 is 23.7 Å². The van der Waals surface area contributed by atoms with Gasteiger partial charge in [0.25, 0.3) is 5.76 Å². The molecule has 3 rings (SSSR count). The van der Waals surface area contributed by atoms with E-state index in [0.29, 0.717) is 6.42 Å². The van der Waals surface area contributed by atoms with Crippen molar-refractivity contribution >= 4 is 29.4 Å². The molecule has 0 aliphatic carbocycles. The van der Waals surface area contributed by atoms with E-state index in [2.05, 4.69) is 14.6 Å². The van der Waals surface area contributed by atoms with E-state index in [0.717, 1.165) is 14.2 Å². The summed E-state index contributed by atoms with van der Waals surface area (Å²) >= 11 is 0. The van der Waals surface area contributed by atoms with Crippen LogP contribution in [0.25, 0.3) is 5.57 Å². The number of hydrogen-bond acceptors (Lipinski definition) is 8. The van der Waals surface area contributed by atoms with Crippen molar-refractivity contribution in [1.82, 2.24) is 10.1 Å². The molecule has 0 saturated carbocycles. The molecule has 0 aromatic carbocycles. The van der Waals surface area contributed by atoms with Crippen LogP contribution in [0.2, 0.25) is 0 Å². The van der Waals surface area contributed by atoms with Gasteiger partial charge >= 0.3 is 17.9 Å².